The van der Waals surface area contributed by atoms with Gasteiger partial charge in [0.2, 0.25) is 0 Å². The van der Waals surface area contributed by atoms with Crippen LogP contribution in [-0.2, 0) is 7.05 Å². The summed E-state index contributed by atoms with van der Waals surface area (Å²) in [6, 6.07) is 17.4. The van der Waals surface area contributed by atoms with Crippen LogP contribution in [0, 0.1) is 0 Å². The van der Waals surface area contributed by atoms with Gasteiger partial charge in [0.1, 0.15) is 13.2 Å². The molecule has 0 atom stereocenters. The van der Waals surface area contributed by atoms with Gasteiger partial charge in [0.25, 0.3) is 5.91 Å². The number of hydrogen-bond donors (Lipinski definition) is 0. The van der Waals surface area contributed by atoms with Gasteiger partial charge < -0.3 is 14.0 Å². The number of amides is 1. The lowest BCUT2D eigenvalue weighted by atomic mass is 10.1. The molecule has 0 bridgehead atoms. The first kappa shape index (κ1) is 19.2. The van der Waals surface area contributed by atoms with Crippen molar-refractivity contribution in [1.29, 1.82) is 0 Å². The summed E-state index contributed by atoms with van der Waals surface area (Å²) in [5.74, 6) is 1.15. The molecule has 0 fully saturated rings. The number of aryl methyl sites for hydroxylation is 1. The van der Waals surface area contributed by atoms with Crippen molar-refractivity contribution in [2.24, 2.45) is 12.0 Å². The van der Waals surface area contributed by atoms with Crippen molar-refractivity contribution >= 4 is 49.7 Å². The van der Waals surface area contributed by atoms with Crippen molar-refractivity contribution in [3.8, 4) is 22.1 Å². The summed E-state index contributed by atoms with van der Waals surface area (Å²) in [5, 5.41) is 2.80. The molecular formula is C24H17N3O3S2. The Bertz CT molecular complexity index is 1570. The van der Waals surface area contributed by atoms with Gasteiger partial charge in [0, 0.05) is 24.6 Å². The fourth-order valence-corrected chi connectivity index (χ4v) is 5.53. The summed E-state index contributed by atoms with van der Waals surface area (Å²) >= 11 is 3.05. The molecule has 8 heteroatoms. The molecule has 0 aliphatic carbocycles. The SMILES string of the molecule is Cn1c(=NC(=O)c2cc(-c3cccs3)nc3ccccc23)sc2cc3c(cc21)OCCO3. The van der Waals surface area contributed by atoms with Crippen LogP contribution in [0.25, 0.3) is 31.7 Å². The lowest BCUT2D eigenvalue weighted by molar-refractivity contribution is 0.0999. The third-order valence-corrected chi connectivity index (χ3v) is 7.38. The van der Waals surface area contributed by atoms with Crippen LogP contribution in [0.3, 0.4) is 0 Å². The maximum Gasteiger partial charge on any atom is 0.280 e. The van der Waals surface area contributed by atoms with Crippen LogP contribution >= 0.6 is 22.7 Å². The largest absolute Gasteiger partial charge is 0.486 e. The molecule has 1 aliphatic rings. The molecule has 0 saturated heterocycles. The molecule has 32 heavy (non-hydrogen) atoms. The summed E-state index contributed by atoms with van der Waals surface area (Å²) in [6.07, 6.45) is 0. The van der Waals surface area contributed by atoms with Crippen molar-refractivity contribution in [1.82, 2.24) is 9.55 Å². The molecule has 3 aromatic heterocycles. The second-order valence-electron chi connectivity index (χ2n) is 7.37. The van der Waals surface area contributed by atoms with Crippen LogP contribution in [0.1, 0.15) is 10.4 Å². The highest BCUT2D eigenvalue weighted by atomic mass is 32.1. The normalized spacial score (nSPS) is 13.7. The Morgan fingerprint density at radius 1 is 1.06 bits per heavy atom. The Morgan fingerprint density at radius 3 is 2.69 bits per heavy atom. The van der Waals surface area contributed by atoms with Crippen LogP contribution in [-0.4, -0.2) is 28.7 Å². The summed E-state index contributed by atoms with van der Waals surface area (Å²) in [7, 11) is 1.91. The second kappa shape index (κ2) is 7.58. The predicted molar refractivity (Wildman–Crippen MR) is 127 cm³/mol. The number of nitrogens with zero attached hydrogens (tertiary/aromatic N) is 3. The van der Waals surface area contributed by atoms with Crippen molar-refractivity contribution in [2.45, 2.75) is 0 Å². The van der Waals surface area contributed by atoms with E-state index in [0.29, 0.717) is 23.6 Å². The van der Waals surface area contributed by atoms with Crippen LogP contribution < -0.4 is 14.3 Å². The standard InChI is InChI=1S/C24H17N3O3S2/c1-27-18-12-19-20(30-9-8-29-19)13-22(18)32-24(27)26-23(28)15-11-17(21-7-4-10-31-21)25-16-6-3-2-5-14(15)16/h2-7,10-13H,8-9H2,1H3. The minimum Gasteiger partial charge on any atom is -0.486 e. The van der Waals surface area contributed by atoms with Crippen LogP contribution in [0.15, 0.2) is 65.0 Å². The third kappa shape index (κ3) is 3.19. The van der Waals surface area contributed by atoms with Gasteiger partial charge in [0.15, 0.2) is 16.3 Å². The third-order valence-electron chi connectivity index (χ3n) is 5.39. The van der Waals surface area contributed by atoms with Gasteiger partial charge in [-0.15, -0.1) is 11.3 Å². The Hall–Kier alpha value is -3.49. The van der Waals surface area contributed by atoms with Gasteiger partial charge in [-0.05, 0) is 23.6 Å². The molecule has 6 nitrogen and oxygen atoms in total. The number of aromatic nitrogens is 2. The zero-order valence-corrected chi connectivity index (χ0v) is 18.7. The highest BCUT2D eigenvalue weighted by Gasteiger charge is 2.17. The first-order valence-corrected chi connectivity index (χ1v) is 11.8. The average Bonchev–Trinajstić information content (AvgIpc) is 3.46. The monoisotopic (exact) mass is 459 g/mol. The van der Waals surface area contributed by atoms with E-state index in [2.05, 4.69) is 4.99 Å². The molecule has 0 N–H and O–H groups in total. The Kier molecular flexibility index (Phi) is 4.55. The van der Waals surface area contributed by atoms with E-state index in [9.17, 15) is 4.79 Å². The quantitative estimate of drug-likeness (QED) is 0.371. The minimum atomic E-state index is -0.291. The first-order valence-electron chi connectivity index (χ1n) is 10.1. The van der Waals surface area contributed by atoms with Gasteiger partial charge in [-0.2, -0.15) is 4.99 Å². The Balaban J connectivity index is 1.51. The smallest absolute Gasteiger partial charge is 0.280 e. The van der Waals surface area contributed by atoms with Crippen molar-refractivity contribution in [2.75, 3.05) is 13.2 Å². The van der Waals surface area contributed by atoms with E-state index < -0.39 is 0 Å². The number of fused-ring (bicyclic) bond motifs is 3. The lowest BCUT2D eigenvalue weighted by Crippen LogP contribution is -2.16. The van der Waals surface area contributed by atoms with E-state index in [1.165, 1.54) is 11.3 Å². The average molecular weight is 460 g/mol. The fraction of sp³-hybridized carbons (Fsp3) is 0.125. The van der Waals surface area contributed by atoms with Crippen molar-refractivity contribution in [3.63, 3.8) is 0 Å². The van der Waals surface area contributed by atoms with Gasteiger partial charge in [-0.3, -0.25) is 4.79 Å². The van der Waals surface area contributed by atoms with E-state index >= 15 is 0 Å². The number of hydrogen-bond acceptors (Lipinski definition) is 6. The maximum atomic E-state index is 13.4. The van der Waals surface area contributed by atoms with Gasteiger partial charge >= 0.3 is 0 Å². The van der Waals surface area contributed by atoms with Crippen molar-refractivity contribution < 1.29 is 14.3 Å². The van der Waals surface area contributed by atoms with E-state index in [1.807, 2.05) is 71.6 Å². The van der Waals surface area contributed by atoms with Crippen LogP contribution in [0.4, 0.5) is 0 Å². The molecule has 6 rings (SSSR count). The van der Waals surface area contributed by atoms with Gasteiger partial charge in [-0.25, -0.2) is 4.98 Å². The Labute approximate surface area is 191 Å². The number of thiazole rings is 1. The molecular weight excluding hydrogens is 442 g/mol. The molecule has 1 aliphatic heterocycles. The molecule has 1 amide bonds. The number of pyridine rings is 1. The predicted octanol–water partition coefficient (Wildman–Crippen LogP) is 5.03. The number of carbonyl (C=O) groups excluding carboxylic acids is 1. The summed E-state index contributed by atoms with van der Waals surface area (Å²) in [5.41, 5.74) is 3.05. The molecule has 0 unspecified atom stereocenters. The number of para-hydroxylation sites is 1. The number of rotatable bonds is 2. The summed E-state index contributed by atoms with van der Waals surface area (Å²) in [4.78, 5) is 24.3. The van der Waals surface area contributed by atoms with Gasteiger partial charge in [0.05, 0.1) is 31.9 Å². The minimum absolute atomic E-state index is 0.291. The molecule has 0 radical (unpaired) electrons. The van der Waals surface area contributed by atoms with Crippen molar-refractivity contribution in [3.05, 3.63) is 70.3 Å². The molecule has 158 valence electrons. The number of carbonyl (C=O) groups is 1. The van der Waals surface area contributed by atoms with E-state index in [4.69, 9.17) is 14.5 Å². The zero-order chi connectivity index (χ0) is 21.7. The number of ether oxygens (including phenoxy) is 2. The highest BCUT2D eigenvalue weighted by Crippen LogP contribution is 2.35. The van der Waals surface area contributed by atoms with Crippen LogP contribution in [0.2, 0.25) is 0 Å². The molecule has 5 aromatic rings. The maximum absolute atomic E-state index is 13.4. The molecule has 0 saturated carbocycles. The van der Waals surface area contributed by atoms with E-state index in [-0.39, 0.29) is 5.91 Å². The summed E-state index contributed by atoms with van der Waals surface area (Å²) in [6.45, 7) is 1.07. The fourth-order valence-electron chi connectivity index (χ4n) is 3.82. The van der Waals surface area contributed by atoms with Gasteiger partial charge in [-0.1, -0.05) is 35.6 Å². The number of benzene rings is 2. The Morgan fingerprint density at radius 2 is 1.88 bits per heavy atom. The van der Waals surface area contributed by atoms with E-state index in [1.54, 1.807) is 11.3 Å². The lowest BCUT2D eigenvalue weighted by Gasteiger charge is -2.18. The first-order chi connectivity index (χ1) is 15.7. The van der Waals surface area contributed by atoms with E-state index in [0.717, 1.165) is 43.2 Å². The number of thiophene rings is 1. The molecule has 0 spiro atoms. The zero-order valence-electron chi connectivity index (χ0n) is 17.1. The van der Waals surface area contributed by atoms with Crippen LogP contribution in [0.5, 0.6) is 11.5 Å². The summed E-state index contributed by atoms with van der Waals surface area (Å²) < 4.78 is 14.3. The molecule has 4 heterocycles. The highest BCUT2D eigenvalue weighted by molar-refractivity contribution is 7.16. The second-order valence-corrected chi connectivity index (χ2v) is 9.33. The molecule has 2 aromatic carbocycles. The topological polar surface area (TPSA) is 65.7 Å².